The Hall–Kier alpha value is -2.32. The summed E-state index contributed by atoms with van der Waals surface area (Å²) in [5, 5.41) is 8.75. The van der Waals surface area contributed by atoms with Crippen molar-refractivity contribution in [1.82, 2.24) is 9.88 Å². The van der Waals surface area contributed by atoms with Crippen LogP contribution in [-0.2, 0) is 11.0 Å². The third-order valence-corrected chi connectivity index (χ3v) is 3.00. The van der Waals surface area contributed by atoms with Gasteiger partial charge in [0.05, 0.1) is 0 Å². The van der Waals surface area contributed by atoms with Gasteiger partial charge in [0.1, 0.15) is 17.8 Å². The number of carbonyl (C=O) groups excluding carboxylic acids is 1. The molecule has 1 aliphatic carbocycles. The number of alkyl halides is 3. The quantitative estimate of drug-likeness (QED) is 0.871. The highest BCUT2D eigenvalue weighted by molar-refractivity contribution is 5.95. The fourth-order valence-corrected chi connectivity index (χ4v) is 1.86. The summed E-state index contributed by atoms with van der Waals surface area (Å²) in [6.45, 7) is -0.593. The maximum absolute atomic E-state index is 12.4. The van der Waals surface area contributed by atoms with E-state index in [2.05, 4.69) is 0 Å². The smallest absolute Gasteiger partial charge is 0.431 e. The number of rotatable bonds is 4. The van der Waals surface area contributed by atoms with E-state index in [1.165, 1.54) is 0 Å². The second kappa shape index (κ2) is 5.23. The molecule has 1 heterocycles. The van der Waals surface area contributed by atoms with Crippen LogP contribution >= 0.6 is 0 Å². The largest absolute Gasteiger partial charge is 0.480 e. The number of hydrogen-bond donors (Lipinski definition) is 2. The van der Waals surface area contributed by atoms with Crippen LogP contribution in [0.1, 0.15) is 28.9 Å². The van der Waals surface area contributed by atoms with Crippen LogP contribution < -0.4 is 5.56 Å². The molecule has 0 unspecified atom stereocenters. The van der Waals surface area contributed by atoms with E-state index in [0.717, 1.165) is 11.0 Å². The topological polar surface area (TPSA) is 90.5 Å². The number of nitrogens with one attached hydrogen (secondary N) is 1. The lowest BCUT2D eigenvalue weighted by atomic mass is 10.2. The molecule has 114 valence electrons. The van der Waals surface area contributed by atoms with Crippen LogP contribution in [0.2, 0.25) is 0 Å². The van der Waals surface area contributed by atoms with E-state index < -0.39 is 41.4 Å². The number of halogens is 3. The molecule has 6 nitrogen and oxygen atoms in total. The number of amides is 1. The van der Waals surface area contributed by atoms with E-state index in [1.54, 1.807) is 4.98 Å². The first-order chi connectivity index (χ1) is 9.70. The molecule has 21 heavy (non-hydrogen) atoms. The summed E-state index contributed by atoms with van der Waals surface area (Å²) >= 11 is 0. The van der Waals surface area contributed by atoms with Gasteiger partial charge in [-0.15, -0.1) is 0 Å². The normalized spacial score (nSPS) is 14.8. The molecule has 9 heteroatoms. The molecule has 1 aromatic rings. The molecule has 1 aliphatic rings. The van der Waals surface area contributed by atoms with Crippen LogP contribution in [0.3, 0.4) is 0 Å². The Morgan fingerprint density at radius 1 is 1.33 bits per heavy atom. The van der Waals surface area contributed by atoms with Crippen molar-refractivity contribution in [2.75, 3.05) is 6.54 Å². The second-order valence-corrected chi connectivity index (χ2v) is 4.67. The number of pyridine rings is 1. The standard InChI is InChI=1S/C12H11F3N2O4/c13-12(14,15)8-4-3-7(10(20)16-8)11(21)17(5-9(18)19)6-1-2-6/h3-4,6H,1-2,5H2,(H,16,20)(H,18,19). The van der Waals surface area contributed by atoms with E-state index in [-0.39, 0.29) is 6.04 Å². The number of carbonyl (C=O) groups is 2. The zero-order valence-electron chi connectivity index (χ0n) is 10.6. The van der Waals surface area contributed by atoms with Gasteiger partial charge in [0.15, 0.2) is 0 Å². The number of H-pyrrole nitrogens is 1. The van der Waals surface area contributed by atoms with Crippen LogP contribution in [0, 0.1) is 0 Å². The monoisotopic (exact) mass is 304 g/mol. The highest BCUT2D eigenvalue weighted by Gasteiger charge is 2.36. The van der Waals surface area contributed by atoms with Gasteiger partial charge in [-0.1, -0.05) is 0 Å². The Kier molecular flexibility index (Phi) is 3.75. The fraction of sp³-hybridized carbons (Fsp3) is 0.417. The van der Waals surface area contributed by atoms with Gasteiger partial charge in [0.25, 0.3) is 11.5 Å². The molecular weight excluding hydrogens is 293 g/mol. The maximum Gasteiger partial charge on any atom is 0.431 e. The summed E-state index contributed by atoms with van der Waals surface area (Å²) in [6.07, 6.45) is -3.51. The van der Waals surface area contributed by atoms with E-state index in [4.69, 9.17) is 5.11 Å². The number of aliphatic carboxylic acids is 1. The lowest BCUT2D eigenvalue weighted by molar-refractivity contribution is -0.141. The Morgan fingerprint density at radius 3 is 2.38 bits per heavy atom. The molecule has 2 rings (SSSR count). The van der Waals surface area contributed by atoms with Crippen LogP contribution in [0.5, 0.6) is 0 Å². The van der Waals surface area contributed by atoms with Crippen LogP contribution in [0.25, 0.3) is 0 Å². The molecule has 2 N–H and O–H groups in total. The van der Waals surface area contributed by atoms with Gasteiger partial charge in [0.2, 0.25) is 0 Å². The van der Waals surface area contributed by atoms with Crippen molar-refractivity contribution in [2.24, 2.45) is 0 Å². The van der Waals surface area contributed by atoms with Crippen molar-refractivity contribution in [3.63, 3.8) is 0 Å². The third kappa shape index (κ3) is 3.41. The van der Waals surface area contributed by atoms with Crippen LogP contribution in [-0.4, -0.2) is 39.5 Å². The molecule has 0 bridgehead atoms. The number of hydrogen-bond acceptors (Lipinski definition) is 3. The van der Waals surface area contributed by atoms with Crippen LogP contribution in [0.15, 0.2) is 16.9 Å². The molecule has 1 fully saturated rings. The zero-order valence-corrected chi connectivity index (χ0v) is 10.6. The molecule has 1 aromatic heterocycles. The molecule has 1 saturated carbocycles. The molecule has 0 radical (unpaired) electrons. The average Bonchev–Trinajstić information content (AvgIpc) is 3.18. The number of nitrogens with zero attached hydrogens (tertiary/aromatic N) is 1. The van der Waals surface area contributed by atoms with Crippen molar-refractivity contribution in [3.05, 3.63) is 33.7 Å². The predicted octanol–water partition coefficient (Wildman–Crippen LogP) is 1.08. The molecular formula is C12H11F3N2O4. The summed E-state index contributed by atoms with van der Waals surface area (Å²) in [4.78, 5) is 37.0. The van der Waals surface area contributed by atoms with Crippen molar-refractivity contribution >= 4 is 11.9 Å². The molecule has 0 aromatic carbocycles. The summed E-state index contributed by atoms with van der Waals surface area (Å²) in [7, 11) is 0. The zero-order chi connectivity index (χ0) is 15.8. The Balaban J connectivity index is 2.30. The lowest BCUT2D eigenvalue weighted by Gasteiger charge is -2.19. The van der Waals surface area contributed by atoms with Gasteiger partial charge >= 0.3 is 12.1 Å². The molecule has 0 atom stereocenters. The first-order valence-corrected chi connectivity index (χ1v) is 6.03. The lowest BCUT2D eigenvalue weighted by Crippen LogP contribution is -2.40. The molecule has 0 saturated heterocycles. The summed E-state index contributed by atoms with van der Waals surface area (Å²) in [6, 6.07) is 1.07. The van der Waals surface area contributed by atoms with Crippen LogP contribution in [0.4, 0.5) is 13.2 Å². The summed E-state index contributed by atoms with van der Waals surface area (Å²) < 4.78 is 37.3. The van der Waals surface area contributed by atoms with Gasteiger partial charge in [-0.3, -0.25) is 14.4 Å². The average molecular weight is 304 g/mol. The minimum Gasteiger partial charge on any atom is -0.480 e. The van der Waals surface area contributed by atoms with Crippen molar-refractivity contribution in [2.45, 2.75) is 25.1 Å². The van der Waals surface area contributed by atoms with Crippen molar-refractivity contribution < 1.29 is 27.9 Å². The number of carboxylic acids is 1. The summed E-state index contributed by atoms with van der Waals surface area (Å²) in [5.74, 6) is -2.13. The molecule has 0 spiro atoms. The number of aromatic nitrogens is 1. The summed E-state index contributed by atoms with van der Waals surface area (Å²) in [5.41, 5.74) is -2.96. The Morgan fingerprint density at radius 2 is 1.95 bits per heavy atom. The third-order valence-electron chi connectivity index (χ3n) is 3.00. The minimum atomic E-state index is -4.72. The van der Waals surface area contributed by atoms with Gasteiger partial charge in [-0.05, 0) is 25.0 Å². The molecule has 0 aliphatic heterocycles. The van der Waals surface area contributed by atoms with Gasteiger partial charge in [0, 0.05) is 6.04 Å². The number of aromatic amines is 1. The van der Waals surface area contributed by atoms with E-state index in [0.29, 0.717) is 18.9 Å². The number of carboxylic acid groups (broad SMARTS) is 1. The van der Waals surface area contributed by atoms with Crippen molar-refractivity contribution in [3.8, 4) is 0 Å². The first kappa shape index (κ1) is 15.1. The van der Waals surface area contributed by atoms with Gasteiger partial charge < -0.3 is 15.0 Å². The van der Waals surface area contributed by atoms with Gasteiger partial charge in [-0.25, -0.2) is 0 Å². The van der Waals surface area contributed by atoms with Gasteiger partial charge in [-0.2, -0.15) is 13.2 Å². The van der Waals surface area contributed by atoms with E-state index in [9.17, 15) is 27.6 Å². The predicted molar refractivity (Wildman–Crippen MR) is 63.8 cm³/mol. The highest BCUT2D eigenvalue weighted by Crippen LogP contribution is 2.29. The molecule has 1 amide bonds. The Labute approximate surface area is 116 Å². The van der Waals surface area contributed by atoms with E-state index in [1.807, 2.05) is 0 Å². The van der Waals surface area contributed by atoms with E-state index >= 15 is 0 Å². The van der Waals surface area contributed by atoms with Crippen molar-refractivity contribution in [1.29, 1.82) is 0 Å². The second-order valence-electron chi connectivity index (χ2n) is 4.67. The first-order valence-electron chi connectivity index (χ1n) is 6.03. The minimum absolute atomic E-state index is 0.282. The highest BCUT2D eigenvalue weighted by atomic mass is 19.4. The Bertz CT molecular complexity index is 634. The SMILES string of the molecule is O=C(O)CN(C(=O)c1ccc(C(F)(F)F)[nH]c1=O)C1CC1. The maximum atomic E-state index is 12.4. The fourth-order valence-electron chi connectivity index (χ4n) is 1.86.